The molecule has 0 aliphatic rings. The minimum absolute atomic E-state index is 0.485. The van der Waals surface area contributed by atoms with Crippen LogP contribution in [0, 0.1) is 3.57 Å². The lowest BCUT2D eigenvalue weighted by Crippen LogP contribution is -1.80. The minimum Gasteiger partial charge on any atom is -0.423 e. The second-order valence-corrected chi connectivity index (χ2v) is 3.94. The zero-order valence-corrected chi connectivity index (χ0v) is 9.28. The summed E-state index contributed by atoms with van der Waals surface area (Å²) in [4.78, 5) is 0. The first-order chi connectivity index (χ1) is 6.27. The molecule has 0 saturated carbocycles. The van der Waals surface area contributed by atoms with Gasteiger partial charge < -0.3 is 4.42 Å². The maximum atomic E-state index is 5.93. The SMILES string of the molecule is Clc1cc(-c2nnco2)ccc1I. The maximum Gasteiger partial charge on any atom is 0.247 e. The van der Waals surface area contributed by atoms with E-state index in [-0.39, 0.29) is 0 Å². The van der Waals surface area contributed by atoms with Crippen LogP contribution in [0.1, 0.15) is 0 Å². The van der Waals surface area contributed by atoms with E-state index in [1.165, 1.54) is 6.39 Å². The van der Waals surface area contributed by atoms with Gasteiger partial charge in [-0.05, 0) is 40.8 Å². The third-order valence-electron chi connectivity index (χ3n) is 1.53. The fraction of sp³-hybridized carbons (Fsp3) is 0. The second-order valence-electron chi connectivity index (χ2n) is 2.37. The molecule has 0 amide bonds. The van der Waals surface area contributed by atoms with E-state index in [9.17, 15) is 0 Å². The van der Waals surface area contributed by atoms with Crippen molar-refractivity contribution < 1.29 is 4.42 Å². The predicted octanol–water partition coefficient (Wildman–Crippen LogP) is 2.99. The van der Waals surface area contributed by atoms with Crippen LogP contribution in [0.5, 0.6) is 0 Å². The summed E-state index contributed by atoms with van der Waals surface area (Å²) < 4.78 is 6.03. The van der Waals surface area contributed by atoms with Crippen LogP contribution in [0.3, 0.4) is 0 Å². The molecule has 0 N–H and O–H groups in total. The van der Waals surface area contributed by atoms with Gasteiger partial charge in [0.25, 0.3) is 0 Å². The molecule has 66 valence electrons. The molecule has 3 nitrogen and oxygen atoms in total. The Labute approximate surface area is 93.3 Å². The quantitative estimate of drug-likeness (QED) is 0.760. The number of benzene rings is 1. The first-order valence-corrected chi connectivity index (χ1v) is 4.94. The van der Waals surface area contributed by atoms with Gasteiger partial charge in [-0.15, -0.1) is 10.2 Å². The summed E-state index contributed by atoms with van der Waals surface area (Å²) in [6.07, 6.45) is 1.29. The smallest absolute Gasteiger partial charge is 0.247 e. The number of rotatable bonds is 1. The molecule has 1 aromatic carbocycles. The molecule has 0 aliphatic carbocycles. The molecule has 5 heteroatoms. The monoisotopic (exact) mass is 306 g/mol. The van der Waals surface area contributed by atoms with Gasteiger partial charge in [0.15, 0.2) is 0 Å². The molecule has 1 aromatic heterocycles. The van der Waals surface area contributed by atoms with Crippen molar-refractivity contribution in [1.29, 1.82) is 0 Å². The molecule has 0 saturated heterocycles. The molecule has 13 heavy (non-hydrogen) atoms. The molecule has 0 atom stereocenters. The van der Waals surface area contributed by atoms with E-state index in [0.29, 0.717) is 10.9 Å². The highest BCUT2D eigenvalue weighted by atomic mass is 127. The lowest BCUT2D eigenvalue weighted by molar-refractivity contribution is 0.568. The summed E-state index contributed by atoms with van der Waals surface area (Å²) in [6.45, 7) is 0. The molecule has 2 aromatic rings. The van der Waals surface area contributed by atoms with E-state index in [0.717, 1.165) is 9.13 Å². The summed E-state index contributed by atoms with van der Waals surface area (Å²) in [5, 5.41) is 8.06. The fourth-order valence-electron chi connectivity index (χ4n) is 0.928. The number of aromatic nitrogens is 2. The number of halogens is 2. The van der Waals surface area contributed by atoms with E-state index in [4.69, 9.17) is 16.0 Å². The number of hydrogen-bond donors (Lipinski definition) is 0. The van der Waals surface area contributed by atoms with Crippen molar-refractivity contribution in [3.8, 4) is 11.5 Å². The standard InChI is InChI=1S/C8H4ClIN2O/c9-6-3-5(1-2-7(6)10)8-12-11-4-13-8/h1-4H. The van der Waals surface area contributed by atoms with Crippen LogP contribution in [0.15, 0.2) is 29.0 Å². The third kappa shape index (κ3) is 1.83. The van der Waals surface area contributed by atoms with Crippen LogP contribution in [0.2, 0.25) is 5.02 Å². The van der Waals surface area contributed by atoms with Gasteiger partial charge in [-0.1, -0.05) is 11.6 Å². The molecule has 0 radical (unpaired) electrons. The van der Waals surface area contributed by atoms with Gasteiger partial charge in [0, 0.05) is 9.13 Å². The highest BCUT2D eigenvalue weighted by molar-refractivity contribution is 14.1. The molecule has 1 heterocycles. The Morgan fingerprint density at radius 3 is 2.85 bits per heavy atom. The van der Waals surface area contributed by atoms with Crippen LogP contribution in [0.4, 0.5) is 0 Å². The average molecular weight is 306 g/mol. The van der Waals surface area contributed by atoms with Gasteiger partial charge in [0.1, 0.15) is 0 Å². The molecule has 0 spiro atoms. The van der Waals surface area contributed by atoms with E-state index in [2.05, 4.69) is 32.8 Å². The highest BCUT2D eigenvalue weighted by Gasteiger charge is 2.05. The van der Waals surface area contributed by atoms with Gasteiger partial charge in [0.05, 0.1) is 5.02 Å². The minimum atomic E-state index is 0.485. The fourth-order valence-corrected chi connectivity index (χ4v) is 1.44. The maximum absolute atomic E-state index is 5.93. The Hall–Kier alpha value is -0.620. The molecule has 2 rings (SSSR count). The van der Waals surface area contributed by atoms with Gasteiger partial charge in [-0.25, -0.2) is 0 Å². The van der Waals surface area contributed by atoms with Crippen molar-refractivity contribution >= 4 is 34.2 Å². The second kappa shape index (κ2) is 3.63. The Morgan fingerprint density at radius 2 is 2.23 bits per heavy atom. The molecule has 0 bridgehead atoms. The Bertz CT molecular complexity index is 416. The molecule has 0 unspecified atom stereocenters. The van der Waals surface area contributed by atoms with Crippen molar-refractivity contribution in [2.24, 2.45) is 0 Å². The Morgan fingerprint density at radius 1 is 1.38 bits per heavy atom. The van der Waals surface area contributed by atoms with Crippen LogP contribution < -0.4 is 0 Å². The summed E-state index contributed by atoms with van der Waals surface area (Å²) >= 11 is 8.09. The lowest BCUT2D eigenvalue weighted by Gasteiger charge is -1.97. The highest BCUT2D eigenvalue weighted by Crippen LogP contribution is 2.24. The van der Waals surface area contributed by atoms with Crippen molar-refractivity contribution in [2.45, 2.75) is 0 Å². The Kier molecular flexibility index (Phi) is 2.50. The average Bonchev–Trinajstić information content (AvgIpc) is 2.62. The van der Waals surface area contributed by atoms with Gasteiger partial charge >= 0.3 is 0 Å². The molecular weight excluding hydrogens is 302 g/mol. The lowest BCUT2D eigenvalue weighted by atomic mass is 10.2. The van der Waals surface area contributed by atoms with Crippen molar-refractivity contribution in [3.05, 3.63) is 33.2 Å². The first kappa shape index (κ1) is 8.96. The van der Waals surface area contributed by atoms with E-state index < -0.39 is 0 Å². The largest absolute Gasteiger partial charge is 0.423 e. The van der Waals surface area contributed by atoms with E-state index >= 15 is 0 Å². The van der Waals surface area contributed by atoms with Gasteiger partial charge in [-0.3, -0.25) is 0 Å². The molecular formula is C8H4ClIN2O. The van der Waals surface area contributed by atoms with E-state index in [1.807, 2.05) is 12.1 Å². The Balaban J connectivity index is 2.49. The number of nitrogens with zero attached hydrogens (tertiary/aromatic N) is 2. The van der Waals surface area contributed by atoms with Crippen molar-refractivity contribution in [1.82, 2.24) is 10.2 Å². The third-order valence-corrected chi connectivity index (χ3v) is 3.10. The summed E-state index contributed by atoms with van der Waals surface area (Å²) in [7, 11) is 0. The summed E-state index contributed by atoms with van der Waals surface area (Å²) in [5.41, 5.74) is 0.836. The van der Waals surface area contributed by atoms with Gasteiger partial charge in [-0.2, -0.15) is 0 Å². The van der Waals surface area contributed by atoms with Crippen LogP contribution in [-0.2, 0) is 0 Å². The predicted molar refractivity (Wildman–Crippen MR) is 57.5 cm³/mol. The number of hydrogen-bond acceptors (Lipinski definition) is 3. The van der Waals surface area contributed by atoms with Crippen molar-refractivity contribution in [2.75, 3.05) is 0 Å². The normalized spacial score (nSPS) is 10.3. The van der Waals surface area contributed by atoms with Crippen LogP contribution in [0.25, 0.3) is 11.5 Å². The first-order valence-electron chi connectivity index (χ1n) is 3.49. The zero-order valence-electron chi connectivity index (χ0n) is 6.37. The van der Waals surface area contributed by atoms with Gasteiger partial charge in [0.2, 0.25) is 12.3 Å². The molecule has 0 aliphatic heterocycles. The zero-order chi connectivity index (χ0) is 9.26. The summed E-state index contributed by atoms with van der Waals surface area (Å²) in [5.74, 6) is 0.485. The summed E-state index contributed by atoms with van der Waals surface area (Å²) in [6, 6.07) is 5.60. The van der Waals surface area contributed by atoms with Crippen LogP contribution >= 0.6 is 34.2 Å². The van der Waals surface area contributed by atoms with Crippen molar-refractivity contribution in [3.63, 3.8) is 0 Å². The van der Waals surface area contributed by atoms with E-state index in [1.54, 1.807) is 6.07 Å². The van der Waals surface area contributed by atoms with Crippen LogP contribution in [-0.4, -0.2) is 10.2 Å². The topological polar surface area (TPSA) is 38.9 Å². The molecule has 0 fully saturated rings.